The van der Waals surface area contributed by atoms with Crippen molar-refractivity contribution in [1.82, 2.24) is 5.32 Å². The van der Waals surface area contributed by atoms with Gasteiger partial charge in [0.2, 0.25) is 0 Å². The van der Waals surface area contributed by atoms with Gasteiger partial charge in [-0.2, -0.15) is 0 Å². The molecule has 0 aliphatic carbocycles. The summed E-state index contributed by atoms with van der Waals surface area (Å²) in [7, 11) is 0. The first-order valence-electron chi connectivity index (χ1n) is 5.85. The summed E-state index contributed by atoms with van der Waals surface area (Å²) in [6.45, 7) is 0.782. The molecule has 4 heteroatoms. The zero-order valence-electron chi connectivity index (χ0n) is 9.58. The summed E-state index contributed by atoms with van der Waals surface area (Å²) in [5, 5.41) is 12.3. The molecular formula is C13H16FNO2. The molecule has 3 nitrogen and oxygen atoms in total. The Morgan fingerprint density at radius 1 is 1.47 bits per heavy atom. The minimum Gasteiger partial charge on any atom is -0.481 e. The number of hydrogen-bond donors (Lipinski definition) is 2. The number of halogens is 1. The molecule has 1 fully saturated rings. The first kappa shape index (κ1) is 12.0. The Hall–Kier alpha value is -1.42. The van der Waals surface area contributed by atoms with E-state index in [1.807, 2.05) is 0 Å². The lowest BCUT2D eigenvalue weighted by Gasteiger charge is -2.38. The summed E-state index contributed by atoms with van der Waals surface area (Å²) in [5.41, 5.74) is 0.131. The number of piperidine rings is 1. The number of carboxylic acid groups (broad SMARTS) is 1. The van der Waals surface area contributed by atoms with E-state index in [0.717, 1.165) is 31.4 Å². The number of carbonyl (C=O) groups is 1. The van der Waals surface area contributed by atoms with Crippen LogP contribution in [0.15, 0.2) is 24.3 Å². The fourth-order valence-electron chi connectivity index (χ4n) is 2.51. The first-order valence-corrected chi connectivity index (χ1v) is 5.85. The van der Waals surface area contributed by atoms with Crippen LogP contribution in [0.2, 0.25) is 0 Å². The molecule has 1 aromatic carbocycles. The van der Waals surface area contributed by atoms with Gasteiger partial charge in [0, 0.05) is 0 Å². The van der Waals surface area contributed by atoms with Crippen molar-refractivity contribution in [2.45, 2.75) is 31.2 Å². The quantitative estimate of drug-likeness (QED) is 0.847. The average molecular weight is 237 g/mol. The van der Waals surface area contributed by atoms with Gasteiger partial charge in [-0.1, -0.05) is 12.1 Å². The molecular weight excluding hydrogens is 221 g/mol. The molecule has 0 saturated carbocycles. The van der Waals surface area contributed by atoms with Crippen molar-refractivity contribution in [2.75, 3.05) is 6.54 Å². The van der Waals surface area contributed by atoms with Gasteiger partial charge in [0.15, 0.2) is 0 Å². The fourth-order valence-corrected chi connectivity index (χ4v) is 2.51. The van der Waals surface area contributed by atoms with E-state index in [-0.39, 0.29) is 12.2 Å². The summed E-state index contributed by atoms with van der Waals surface area (Å²) < 4.78 is 13.3. The van der Waals surface area contributed by atoms with E-state index in [1.54, 1.807) is 12.1 Å². The fraction of sp³-hybridized carbons (Fsp3) is 0.462. The van der Waals surface area contributed by atoms with E-state index < -0.39 is 11.5 Å². The summed E-state index contributed by atoms with van der Waals surface area (Å²) in [4.78, 5) is 11.0. The maximum atomic E-state index is 13.3. The molecule has 0 radical (unpaired) electrons. The van der Waals surface area contributed by atoms with E-state index in [2.05, 4.69) is 5.32 Å². The van der Waals surface area contributed by atoms with Crippen molar-refractivity contribution in [3.8, 4) is 0 Å². The van der Waals surface area contributed by atoms with Gasteiger partial charge in [0.25, 0.3) is 0 Å². The maximum Gasteiger partial charge on any atom is 0.305 e. The third-order valence-corrected chi connectivity index (χ3v) is 3.32. The predicted molar refractivity (Wildman–Crippen MR) is 62.2 cm³/mol. The summed E-state index contributed by atoms with van der Waals surface area (Å²) >= 11 is 0. The van der Waals surface area contributed by atoms with E-state index in [0.29, 0.717) is 0 Å². The Bertz CT molecular complexity index is 414. The smallest absolute Gasteiger partial charge is 0.305 e. The lowest BCUT2D eigenvalue weighted by atomic mass is 9.79. The third-order valence-electron chi connectivity index (χ3n) is 3.32. The van der Waals surface area contributed by atoms with Crippen LogP contribution >= 0.6 is 0 Å². The molecule has 0 bridgehead atoms. The molecule has 17 heavy (non-hydrogen) atoms. The van der Waals surface area contributed by atoms with Crippen molar-refractivity contribution in [2.24, 2.45) is 0 Å². The Labute approximate surface area is 99.7 Å². The van der Waals surface area contributed by atoms with Crippen LogP contribution in [0.4, 0.5) is 4.39 Å². The highest BCUT2D eigenvalue weighted by molar-refractivity contribution is 5.69. The van der Waals surface area contributed by atoms with Gasteiger partial charge < -0.3 is 10.4 Å². The van der Waals surface area contributed by atoms with Crippen LogP contribution in [-0.4, -0.2) is 17.6 Å². The van der Waals surface area contributed by atoms with Gasteiger partial charge in [-0.05, 0) is 43.5 Å². The Kier molecular flexibility index (Phi) is 3.43. The standard InChI is InChI=1S/C13H16FNO2/c14-11-5-3-4-10(8-11)13(9-12(16)17)6-1-2-7-15-13/h3-5,8,15H,1-2,6-7,9H2,(H,16,17). The van der Waals surface area contributed by atoms with Crippen molar-refractivity contribution < 1.29 is 14.3 Å². The minimum atomic E-state index is -0.858. The average Bonchev–Trinajstić information content (AvgIpc) is 2.29. The minimum absolute atomic E-state index is 0.00352. The zero-order chi connectivity index (χ0) is 12.3. The molecule has 0 amide bonds. The first-order chi connectivity index (χ1) is 8.12. The van der Waals surface area contributed by atoms with Crippen molar-refractivity contribution in [1.29, 1.82) is 0 Å². The Morgan fingerprint density at radius 2 is 2.29 bits per heavy atom. The van der Waals surface area contributed by atoms with Gasteiger partial charge in [-0.15, -0.1) is 0 Å². The van der Waals surface area contributed by atoms with Crippen LogP contribution in [0, 0.1) is 5.82 Å². The van der Waals surface area contributed by atoms with E-state index in [1.165, 1.54) is 12.1 Å². The van der Waals surface area contributed by atoms with E-state index in [4.69, 9.17) is 5.11 Å². The zero-order valence-corrected chi connectivity index (χ0v) is 9.58. The van der Waals surface area contributed by atoms with Crippen LogP contribution in [0.5, 0.6) is 0 Å². The second kappa shape index (κ2) is 4.84. The van der Waals surface area contributed by atoms with Crippen molar-refractivity contribution >= 4 is 5.97 Å². The predicted octanol–water partition coefficient (Wildman–Crippen LogP) is 2.27. The molecule has 1 saturated heterocycles. The number of rotatable bonds is 3. The lowest BCUT2D eigenvalue weighted by Crippen LogP contribution is -2.47. The molecule has 1 unspecified atom stereocenters. The molecule has 1 aliphatic rings. The number of benzene rings is 1. The molecule has 1 aliphatic heterocycles. The number of aliphatic carboxylic acids is 1. The van der Waals surface area contributed by atoms with E-state index in [9.17, 15) is 9.18 Å². The lowest BCUT2D eigenvalue weighted by molar-refractivity contribution is -0.139. The van der Waals surface area contributed by atoms with Gasteiger partial charge in [-0.3, -0.25) is 4.79 Å². The Morgan fingerprint density at radius 3 is 2.88 bits per heavy atom. The molecule has 92 valence electrons. The second-order valence-corrected chi connectivity index (χ2v) is 4.55. The van der Waals surface area contributed by atoms with Crippen LogP contribution in [-0.2, 0) is 10.3 Å². The summed E-state index contributed by atoms with van der Waals surface area (Å²) in [6, 6.07) is 6.23. The monoisotopic (exact) mass is 237 g/mol. The van der Waals surface area contributed by atoms with Crippen LogP contribution in [0.3, 0.4) is 0 Å². The third kappa shape index (κ3) is 2.64. The SMILES string of the molecule is O=C(O)CC1(c2cccc(F)c2)CCCCN1. The van der Waals surface area contributed by atoms with E-state index >= 15 is 0 Å². The maximum absolute atomic E-state index is 13.3. The highest BCUT2D eigenvalue weighted by Crippen LogP contribution is 2.33. The normalized spacial score (nSPS) is 24.5. The van der Waals surface area contributed by atoms with Crippen molar-refractivity contribution in [3.05, 3.63) is 35.6 Å². The summed E-state index contributed by atoms with van der Waals surface area (Å²) in [6.07, 6.45) is 2.74. The number of hydrogen-bond acceptors (Lipinski definition) is 2. The van der Waals surface area contributed by atoms with Gasteiger partial charge >= 0.3 is 5.97 Å². The highest BCUT2D eigenvalue weighted by atomic mass is 19.1. The van der Waals surface area contributed by atoms with Gasteiger partial charge in [-0.25, -0.2) is 4.39 Å². The molecule has 1 atom stereocenters. The number of nitrogens with one attached hydrogen (secondary N) is 1. The largest absolute Gasteiger partial charge is 0.481 e. The van der Waals surface area contributed by atoms with Crippen molar-refractivity contribution in [3.63, 3.8) is 0 Å². The topological polar surface area (TPSA) is 49.3 Å². The summed E-state index contributed by atoms with van der Waals surface area (Å²) in [5.74, 6) is -1.18. The highest BCUT2D eigenvalue weighted by Gasteiger charge is 2.35. The number of carboxylic acids is 1. The van der Waals surface area contributed by atoms with Gasteiger partial charge in [0.1, 0.15) is 5.82 Å². The molecule has 1 aromatic rings. The molecule has 0 aromatic heterocycles. The second-order valence-electron chi connectivity index (χ2n) is 4.55. The van der Waals surface area contributed by atoms with Crippen LogP contribution < -0.4 is 5.32 Å². The molecule has 2 N–H and O–H groups in total. The van der Waals surface area contributed by atoms with Crippen LogP contribution in [0.25, 0.3) is 0 Å². The van der Waals surface area contributed by atoms with Crippen LogP contribution in [0.1, 0.15) is 31.2 Å². The Balaban J connectivity index is 2.35. The van der Waals surface area contributed by atoms with Gasteiger partial charge in [0.05, 0.1) is 12.0 Å². The molecule has 2 rings (SSSR count). The molecule has 0 spiro atoms. The molecule has 1 heterocycles.